The second kappa shape index (κ2) is 9.04. The van der Waals surface area contributed by atoms with Crippen LogP contribution in [0.2, 0.25) is 10.0 Å². The van der Waals surface area contributed by atoms with Gasteiger partial charge in [-0.2, -0.15) is 0 Å². The standard InChI is InChI=1S/C21H18Cl2FNO5/c1-29-8-7-25-18(11-3-5-14(22)15(23)9-11)17(20(27)21(25)28)19(26)13-10-12(24)4-6-16(13)30-2/h3-6,9-10,18,26H,7-8H2,1-2H3/b19-17+. The van der Waals surface area contributed by atoms with Crippen LogP contribution in [0.5, 0.6) is 5.75 Å². The molecule has 3 rings (SSSR count). The van der Waals surface area contributed by atoms with Crippen LogP contribution in [0.3, 0.4) is 0 Å². The zero-order valence-corrected chi connectivity index (χ0v) is 17.6. The Hall–Kier alpha value is -2.61. The molecule has 9 heteroatoms. The van der Waals surface area contributed by atoms with E-state index in [1.54, 1.807) is 6.07 Å². The number of hydrogen-bond donors (Lipinski definition) is 1. The van der Waals surface area contributed by atoms with Crippen molar-refractivity contribution in [3.63, 3.8) is 0 Å². The van der Waals surface area contributed by atoms with Crippen LogP contribution in [0.25, 0.3) is 5.76 Å². The Labute approximate surface area is 182 Å². The number of methoxy groups -OCH3 is 2. The van der Waals surface area contributed by atoms with E-state index in [0.29, 0.717) is 10.6 Å². The first-order valence-electron chi connectivity index (χ1n) is 8.86. The number of carbonyl (C=O) groups is 2. The summed E-state index contributed by atoms with van der Waals surface area (Å²) in [4.78, 5) is 26.9. The Balaban J connectivity index is 2.25. The fraction of sp³-hybridized carbons (Fsp3) is 0.238. The van der Waals surface area contributed by atoms with Gasteiger partial charge in [0.25, 0.3) is 11.7 Å². The summed E-state index contributed by atoms with van der Waals surface area (Å²) in [5.74, 6) is -2.78. The van der Waals surface area contributed by atoms with Crippen molar-refractivity contribution in [3.8, 4) is 5.75 Å². The third-order valence-electron chi connectivity index (χ3n) is 4.75. The lowest BCUT2D eigenvalue weighted by Crippen LogP contribution is -2.32. The largest absolute Gasteiger partial charge is 0.507 e. The van der Waals surface area contributed by atoms with Crippen LogP contribution in [-0.2, 0) is 14.3 Å². The van der Waals surface area contributed by atoms with Gasteiger partial charge in [-0.1, -0.05) is 29.3 Å². The molecule has 1 fully saturated rings. The second-order valence-corrected chi connectivity index (χ2v) is 7.32. The predicted octanol–water partition coefficient (Wildman–Crippen LogP) is 4.21. The smallest absolute Gasteiger partial charge is 0.295 e. The maximum absolute atomic E-state index is 13.9. The number of aliphatic hydroxyl groups is 1. The average molecular weight is 454 g/mol. The fourth-order valence-electron chi connectivity index (χ4n) is 3.34. The van der Waals surface area contributed by atoms with E-state index in [1.807, 2.05) is 0 Å². The highest BCUT2D eigenvalue weighted by Gasteiger charge is 2.46. The maximum atomic E-state index is 13.9. The van der Waals surface area contributed by atoms with Gasteiger partial charge in [0.1, 0.15) is 17.3 Å². The molecule has 30 heavy (non-hydrogen) atoms. The van der Waals surface area contributed by atoms with E-state index < -0.39 is 29.3 Å². The summed E-state index contributed by atoms with van der Waals surface area (Å²) in [6, 6.07) is 7.17. The SMILES string of the molecule is COCCN1C(=O)C(=O)/C(=C(/O)c2cc(F)ccc2OC)C1c1ccc(Cl)c(Cl)c1. The van der Waals surface area contributed by atoms with Crippen molar-refractivity contribution in [1.29, 1.82) is 0 Å². The third-order valence-corrected chi connectivity index (χ3v) is 5.49. The number of nitrogens with zero attached hydrogens (tertiary/aromatic N) is 1. The molecule has 2 aromatic carbocycles. The molecule has 0 radical (unpaired) electrons. The molecule has 2 aromatic rings. The van der Waals surface area contributed by atoms with Gasteiger partial charge >= 0.3 is 0 Å². The topological polar surface area (TPSA) is 76.1 Å². The van der Waals surface area contributed by atoms with Crippen molar-refractivity contribution < 1.29 is 28.6 Å². The molecule has 1 unspecified atom stereocenters. The minimum absolute atomic E-state index is 0.0488. The summed E-state index contributed by atoms with van der Waals surface area (Å²) < 4.78 is 24.1. The molecule has 1 atom stereocenters. The van der Waals surface area contributed by atoms with Gasteiger partial charge < -0.3 is 19.5 Å². The molecule has 1 saturated heterocycles. The second-order valence-electron chi connectivity index (χ2n) is 6.50. The lowest BCUT2D eigenvalue weighted by molar-refractivity contribution is -0.140. The van der Waals surface area contributed by atoms with Crippen molar-refractivity contribution in [2.24, 2.45) is 0 Å². The number of aliphatic hydroxyl groups excluding tert-OH is 1. The lowest BCUT2D eigenvalue weighted by atomic mass is 9.95. The molecule has 1 aliphatic rings. The number of Topliss-reactive ketones (excluding diaryl/α,β-unsaturated/α-hetero) is 1. The summed E-state index contributed by atoms with van der Waals surface area (Å²) in [5.41, 5.74) is 0.197. The van der Waals surface area contributed by atoms with Gasteiger partial charge in [-0.25, -0.2) is 4.39 Å². The predicted molar refractivity (Wildman–Crippen MR) is 110 cm³/mol. The molecular weight excluding hydrogens is 436 g/mol. The van der Waals surface area contributed by atoms with E-state index in [-0.39, 0.29) is 35.1 Å². The van der Waals surface area contributed by atoms with Gasteiger partial charge in [0.2, 0.25) is 0 Å². The summed E-state index contributed by atoms with van der Waals surface area (Å²) in [6.45, 7) is 0.247. The number of likely N-dealkylation sites (tertiary alicyclic amines) is 1. The maximum Gasteiger partial charge on any atom is 0.295 e. The van der Waals surface area contributed by atoms with Gasteiger partial charge in [0.05, 0.1) is 40.9 Å². The van der Waals surface area contributed by atoms with E-state index in [4.69, 9.17) is 32.7 Å². The number of rotatable bonds is 6. The van der Waals surface area contributed by atoms with Crippen LogP contribution in [0.1, 0.15) is 17.2 Å². The summed E-state index contributed by atoms with van der Waals surface area (Å²) in [6.07, 6.45) is 0. The van der Waals surface area contributed by atoms with Gasteiger partial charge in [-0.15, -0.1) is 0 Å². The first-order valence-corrected chi connectivity index (χ1v) is 9.62. The number of halogens is 3. The van der Waals surface area contributed by atoms with Crippen LogP contribution in [0.15, 0.2) is 42.0 Å². The molecule has 1 aliphatic heterocycles. The zero-order valence-electron chi connectivity index (χ0n) is 16.1. The minimum Gasteiger partial charge on any atom is -0.507 e. The quantitative estimate of drug-likeness (QED) is 0.402. The van der Waals surface area contributed by atoms with E-state index in [9.17, 15) is 19.1 Å². The Morgan fingerprint density at radius 1 is 1.13 bits per heavy atom. The molecule has 158 valence electrons. The highest BCUT2D eigenvalue weighted by Crippen LogP contribution is 2.42. The number of ether oxygens (including phenoxy) is 2. The van der Waals surface area contributed by atoms with Crippen LogP contribution in [0.4, 0.5) is 4.39 Å². The van der Waals surface area contributed by atoms with E-state index in [2.05, 4.69) is 0 Å². The fourth-order valence-corrected chi connectivity index (χ4v) is 3.65. The van der Waals surface area contributed by atoms with Crippen LogP contribution < -0.4 is 4.74 Å². The molecule has 0 aliphatic carbocycles. The molecule has 0 aromatic heterocycles. The van der Waals surface area contributed by atoms with Crippen molar-refractivity contribution in [3.05, 3.63) is 69.0 Å². The average Bonchev–Trinajstić information content (AvgIpc) is 2.98. The Morgan fingerprint density at radius 2 is 1.87 bits per heavy atom. The Kier molecular flexibility index (Phi) is 6.65. The van der Waals surface area contributed by atoms with E-state index in [1.165, 1.54) is 37.3 Å². The van der Waals surface area contributed by atoms with Crippen LogP contribution >= 0.6 is 23.2 Å². The molecule has 0 saturated carbocycles. The van der Waals surface area contributed by atoms with E-state index >= 15 is 0 Å². The molecule has 0 spiro atoms. The van der Waals surface area contributed by atoms with Gasteiger partial charge in [0, 0.05) is 13.7 Å². The normalized spacial score (nSPS) is 18.2. The Bertz CT molecular complexity index is 1040. The number of amides is 1. The third kappa shape index (κ3) is 4.01. The number of ketones is 1. The highest BCUT2D eigenvalue weighted by molar-refractivity contribution is 6.47. The first kappa shape index (κ1) is 22.1. The number of carbonyl (C=O) groups excluding carboxylic acids is 2. The summed E-state index contributed by atoms with van der Waals surface area (Å²) in [5, 5.41) is 11.5. The molecular formula is C21H18Cl2FNO5. The zero-order chi connectivity index (χ0) is 22.0. The van der Waals surface area contributed by atoms with Crippen LogP contribution in [0, 0.1) is 5.82 Å². The molecule has 6 nitrogen and oxygen atoms in total. The molecule has 1 heterocycles. The van der Waals surface area contributed by atoms with Gasteiger partial charge in [0.15, 0.2) is 0 Å². The molecule has 0 bridgehead atoms. The monoisotopic (exact) mass is 453 g/mol. The highest BCUT2D eigenvalue weighted by atomic mass is 35.5. The van der Waals surface area contributed by atoms with Crippen molar-refractivity contribution in [1.82, 2.24) is 4.90 Å². The van der Waals surface area contributed by atoms with Gasteiger partial charge in [-0.3, -0.25) is 9.59 Å². The van der Waals surface area contributed by atoms with Crippen molar-refractivity contribution in [2.75, 3.05) is 27.4 Å². The summed E-state index contributed by atoms with van der Waals surface area (Å²) >= 11 is 12.1. The number of hydrogen-bond acceptors (Lipinski definition) is 5. The van der Waals surface area contributed by atoms with Gasteiger partial charge in [-0.05, 0) is 35.9 Å². The first-order chi connectivity index (χ1) is 14.3. The van der Waals surface area contributed by atoms with E-state index in [0.717, 1.165) is 12.1 Å². The van der Waals surface area contributed by atoms with Crippen LogP contribution in [-0.4, -0.2) is 49.1 Å². The van der Waals surface area contributed by atoms with Crippen molar-refractivity contribution in [2.45, 2.75) is 6.04 Å². The van der Waals surface area contributed by atoms with Crippen molar-refractivity contribution >= 4 is 40.7 Å². The Morgan fingerprint density at radius 3 is 2.50 bits per heavy atom. The summed E-state index contributed by atoms with van der Waals surface area (Å²) in [7, 11) is 2.81. The number of benzene rings is 2. The molecule has 1 N–H and O–H groups in total. The minimum atomic E-state index is -0.970. The lowest BCUT2D eigenvalue weighted by Gasteiger charge is -2.25. The molecule has 1 amide bonds.